The fourth-order valence-corrected chi connectivity index (χ4v) is 1.51. The predicted octanol–water partition coefficient (Wildman–Crippen LogP) is 0.176. The molecule has 0 radical (unpaired) electrons. The van der Waals surface area contributed by atoms with Gasteiger partial charge in [-0.15, -0.1) is 0 Å². The highest BCUT2D eigenvalue weighted by Gasteiger charge is 2.15. The quantitative estimate of drug-likeness (QED) is 0.314. The van der Waals surface area contributed by atoms with E-state index in [0.717, 1.165) is 0 Å². The number of rotatable bonds is 3. The van der Waals surface area contributed by atoms with Crippen molar-refractivity contribution >= 4 is 17.4 Å². The maximum atomic E-state index is 12.0. The third kappa shape index (κ3) is 2.51. The minimum Gasteiger partial charge on any atom is -0.409 e. The Morgan fingerprint density at radius 3 is 2.63 bits per heavy atom. The maximum Gasteiger partial charge on any atom is 0.280 e. The van der Waals surface area contributed by atoms with Gasteiger partial charge in [0.05, 0.1) is 6.20 Å². The Morgan fingerprint density at radius 2 is 2.11 bits per heavy atom. The number of hydrogen-bond donors (Lipinski definition) is 3. The van der Waals surface area contributed by atoms with Crippen LogP contribution in [0.3, 0.4) is 0 Å². The number of anilines is 1. The largest absolute Gasteiger partial charge is 0.409 e. The van der Waals surface area contributed by atoms with Gasteiger partial charge in [0.2, 0.25) is 0 Å². The molecule has 0 aliphatic carbocycles. The minimum atomic E-state index is -0.287. The molecule has 1 heterocycles. The molecule has 0 spiro atoms. The molecule has 8 heteroatoms. The molecular weight excluding hydrogens is 248 g/mol. The van der Waals surface area contributed by atoms with Gasteiger partial charge in [0.1, 0.15) is 0 Å². The zero-order chi connectivity index (χ0) is 13.8. The first-order valence-corrected chi connectivity index (χ1v) is 5.35. The lowest BCUT2D eigenvalue weighted by Crippen LogP contribution is -2.26. The zero-order valence-electron chi connectivity index (χ0n) is 10.1. The van der Waals surface area contributed by atoms with Crippen LogP contribution in [0.15, 0.2) is 35.6 Å². The molecule has 19 heavy (non-hydrogen) atoms. The number of aromatic amines is 1. The van der Waals surface area contributed by atoms with Crippen LogP contribution in [0.4, 0.5) is 5.69 Å². The lowest BCUT2D eigenvalue weighted by atomic mass is 10.2. The van der Waals surface area contributed by atoms with Crippen molar-refractivity contribution in [3.8, 4) is 0 Å². The van der Waals surface area contributed by atoms with Gasteiger partial charge >= 0.3 is 0 Å². The molecule has 2 aromatic rings. The number of nitrogens with zero attached hydrogens (tertiary/aromatic N) is 4. The van der Waals surface area contributed by atoms with Crippen LogP contribution in [0, 0.1) is 0 Å². The Bertz CT molecular complexity index is 590. The number of nitrogens with two attached hydrogens (primary N) is 1. The van der Waals surface area contributed by atoms with E-state index in [0.29, 0.717) is 11.3 Å². The summed E-state index contributed by atoms with van der Waals surface area (Å²) in [6, 6.07) is 6.67. The first kappa shape index (κ1) is 12.6. The molecule has 1 aromatic heterocycles. The van der Waals surface area contributed by atoms with Crippen molar-refractivity contribution < 1.29 is 10.0 Å². The average Bonchev–Trinajstić information content (AvgIpc) is 2.99. The molecule has 1 amide bonds. The zero-order valence-corrected chi connectivity index (χ0v) is 10.1. The Labute approximate surface area is 108 Å². The third-order valence-corrected chi connectivity index (χ3v) is 2.60. The van der Waals surface area contributed by atoms with Crippen LogP contribution in [0.25, 0.3) is 0 Å². The molecule has 0 saturated heterocycles. The van der Waals surface area contributed by atoms with Crippen LogP contribution in [-0.4, -0.2) is 39.4 Å². The number of carbonyl (C=O) groups excluding carboxylic acids is 1. The van der Waals surface area contributed by atoms with Crippen LogP contribution in [0.2, 0.25) is 0 Å². The number of H-pyrrole nitrogens is 1. The Hall–Kier alpha value is -2.90. The summed E-state index contributed by atoms with van der Waals surface area (Å²) < 4.78 is 0. The van der Waals surface area contributed by atoms with Gasteiger partial charge in [0, 0.05) is 18.3 Å². The highest BCUT2D eigenvalue weighted by Crippen LogP contribution is 2.15. The van der Waals surface area contributed by atoms with E-state index in [1.54, 1.807) is 31.3 Å². The van der Waals surface area contributed by atoms with Gasteiger partial charge < -0.3 is 15.8 Å². The van der Waals surface area contributed by atoms with Crippen molar-refractivity contribution in [3.63, 3.8) is 0 Å². The van der Waals surface area contributed by atoms with Gasteiger partial charge in [-0.1, -0.05) is 5.16 Å². The number of amidine groups is 1. The van der Waals surface area contributed by atoms with Crippen molar-refractivity contribution in [2.24, 2.45) is 10.9 Å². The molecule has 98 valence electrons. The highest BCUT2D eigenvalue weighted by atomic mass is 16.4. The standard InChI is InChI=1S/C11H12N6O2/c1-17(11(18)9-6-13-16-14-9)8-4-2-7(3-5-8)10(12)15-19/h2-6,19H,1H3,(H2,12,15)(H,13,14,16). The lowest BCUT2D eigenvalue weighted by Gasteiger charge is -2.16. The van der Waals surface area contributed by atoms with Crippen LogP contribution >= 0.6 is 0 Å². The van der Waals surface area contributed by atoms with Crippen LogP contribution in [0.1, 0.15) is 16.1 Å². The summed E-state index contributed by atoms with van der Waals surface area (Å²) in [6.45, 7) is 0. The molecular formula is C11H12N6O2. The molecule has 4 N–H and O–H groups in total. The van der Waals surface area contributed by atoms with Crippen molar-refractivity contribution in [2.45, 2.75) is 0 Å². The van der Waals surface area contributed by atoms with E-state index >= 15 is 0 Å². The summed E-state index contributed by atoms with van der Waals surface area (Å²) in [5.74, 6) is -0.276. The molecule has 0 atom stereocenters. The number of aromatic nitrogens is 3. The molecule has 8 nitrogen and oxygen atoms in total. The normalized spacial score (nSPS) is 11.3. The van der Waals surface area contributed by atoms with Crippen molar-refractivity contribution in [3.05, 3.63) is 41.7 Å². The smallest absolute Gasteiger partial charge is 0.280 e. The molecule has 0 fully saturated rings. The van der Waals surface area contributed by atoms with E-state index in [-0.39, 0.29) is 17.4 Å². The fourth-order valence-electron chi connectivity index (χ4n) is 1.51. The summed E-state index contributed by atoms with van der Waals surface area (Å²) in [4.78, 5) is 13.4. The van der Waals surface area contributed by atoms with E-state index in [9.17, 15) is 4.79 Å². The van der Waals surface area contributed by atoms with Crippen LogP contribution in [0.5, 0.6) is 0 Å². The molecule has 2 rings (SSSR count). The second-order valence-corrected chi connectivity index (χ2v) is 3.75. The fraction of sp³-hybridized carbons (Fsp3) is 0.0909. The Balaban J connectivity index is 2.20. The molecule has 0 saturated carbocycles. The average molecular weight is 260 g/mol. The molecule has 0 aliphatic heterocycles. The maximum absolute atomic E-state index is 12.0. The SMILES string of the molecule is CN(C(=O)c1cn[nH]n1)c1ccc(C(N)=NO)cc1. The van der Waals surface area contributed by atoms with E-state index < -0.39 is 0 Å². The summed E-state index contributed by atoms with van der Waals surface area (Å²) in [5, 5.41) is 21.1. The predicted molar refractivity (Wildman–Crippen MR) is 68.1 cm³/mol. The third-order valence-electron chi connectivity index (χ3n) is 2.60. The first-order chi connectivity index (χ1) is 9.13. The van der Waals surface area contributed by atoms with Crippen molar-refractivity contribution in [1.29, 1.82) is 0 Å². The van der Waals surface area contributed by atoms with E-state index in [1.165, 1.54) is 11.1 Å². The monoisotopic (exact) mass is 260 g/mol. The number of amides is 1. The van der Waals surface area contributed by atoms with E-state index in [4.69, 9.17) is 10.9 Å². The van der Waals surface area contributed by atoms with Crippen LogP contribution < -0.4 is 10.6 Å². The molecule has 0 aliphatic rings. The van der Waals surface area contributed by atoms with Gasteiger partial charge in [-0.3, -0.25) is 4.79 Å². The van der Waals surface area contributed by atoms with Gasteiger partial charge in [-0.05, 0) is 24.3 Å². The lowest BCUT2D eigenvalue weighted by molar-refractivity contribution is 0.0988. The van der Waals surface area contributed by atoms with Gasteiger partial charge in [-0.25, -0.2) is 0 Å². The van der Waals surface area contributed by atoms with Crippen molar-refractivity contribution in [2.75, 3.05) is 11.9 Å². The number of benzene rings is 1. The Morgan fingerprint density at radius 1 is 1.42 bits per heavy atom. The number of carbonyl (C=O) groups is 1. The second-order valence-electron chi connectivity index (χ2n) is 3.75. The number of nitrogens with one attached hydrogen (secondary N) is 1. The van der Waals surface area contributed by atoms with Gasteiger partial charge in [-0.2, -0.15) is 15.4 Å². The Kier molecular flexibility index (Phi) is 3.42. The van der Waals surface area contributed by atoms with Crippen LogP contribution in [-0.2, 0) is 0 Å². The topological polar surface area (TPSA) is 120 Å². The summed E-state index contributed by atoms with van der Waals surface area (Å²) in [7, 11) is 1.62. The molecule has 0 unspecified atom stereocenters. The summed E-state index contributed by atoms with van der Waals surface area (Å²) in [5.41, 5.74) is 6.90. The number of hydrogen-bond acceptors (Lipinski definition) is 5. The van der Waals surface area contributed by atoms with Gasteiger partial charge in [0.25, 0.3) is 5.91 Å². The minimum absolute atomic E-state index is 0.0111. The second kappa shape index (κ2) is 5.17. The van der Waals surface area contributed by atoms with E-state index in [1.807, 2.05) is 0 Å². The summed E-state index contributed by atoms with van der Waals surface area (Å²) in [6.07, 6.45) is 1.35. The van der Waals surface area contributed by atoms with Gasteiger partial charge in [0.15, 0.2) is 11.5 Å². The first-order valence-electron chi connectivity index (χ1n) is 5.35. The molecule has 1 aromatic carbocycles. The molecule has 0 bridgehead atoms. The highest BCUT2D eigenvalue weighted by molar-refractivity contribution is 6.04. The van der Waals surface area contributed by atoms with Crippen molar-refractivity contribution in [1.82, 2.24) is 15.4 Å². The number of oxime groups is 1. The summed E-state index contributed by atoms with van der Waals surface area (Å²) >= 11 is 0. The van der Waals surface area contributed by atoms with E-state index in [2.05, 4.69) is 20.6 Å².